The molecule has 0 spiro atoms. The summed E-state index contributed by atoms with van der Waals surface area (Å²) in [5.41, 5.74) is -0.469. The van der Waals surface area contributed by atoms with Gasteiger partial charge in [0.25, 0.3) is 5.91 Å². The first kappa shape index (κ1) is 17.2. The van der Waals surface area contributed by atoms with E-state index in [0.717, 1.165) is 13.1 Å². The van der Waals surface area contributed by atoms with E-state index in [1.807, 2.05) is 0 Å². The van der Waals surface area contributed by atoms with Crippen molar-refractivity contribution in [3.8, 4) is 0 Å². The number of methoxy groups -OCH3 is 1. The third kappa shape index (κ3) is 3.61. The van der Waals surface area contributed by atoms with Crippen molar-refractivity contribution in [3.05, 3.63) is 29.0 Å². The van der Waals surface area contributed by atoms with E-state index in [4.69, 9.17) is 16.3 Å². The zero-order valence-corrected chi connectivity index (χ0v) is 12.6. The van der Waals surface area contributed by atoms with Gasteiger partial charge in [-0.3, -0.25) is 4.79 Å². The monoisotopic (exact) mass is 322 g/mol. The molecule has 0 atom stereocenters. The summed E-state index contributed by atoms with van der Waals surface area (Å²) in [6.45, 7) is 1.44. The Morgan fingerprint density at radius 1 is 1.45 bits per heavy atom. The molecule has 0 saturated carbocycles. The molecule has 20 heavy (non-hydrogen) atoms. The fraction of sp³-hybridized carbons (Fsp3) is 0.462. The maximum atomic E-state index is 13.3. The Morgan fingerprint density at radius 2 is 2.10 bits per heavy atom. The number of carbonyl (C=O) groups excluding carboxylic acids is 1. The maximum absolute atomic E-state index is 13.3. The van der Waals surface area contributed by atoms with Crippen LogP contribution in [0.1, 0.15) is 12.8 Å². The largest absolute Gasteiger partial charge is 0.368 e. The first-order chi connectivity index (χ1) is 9.07. The number of ether oxygens (including phenoxy) is 1. The summed E-state index contributed by atoms with van der Waals surface area (Å²) in [6, 6.07) is 4.17. The number of hydrogen-bond acceptors (Lipinski definition) is 3. The molecule has 1 amide bonds. The number of amides is 1. The quantitative estimate of drug-likeness (QED) is 0.899. The lowest BCUT2D eigenvalue weighted by Gasteiger charge is -2.34. The van der Waals surface area contributed by atoms with Gasteiger partial charge < -0.3 is 15.4 Å². The molecular formula is C13H17Cl2FN2O2. The fourth-order valence-electron chi connectivity index (χ4n) is 2.17. The van der Waals surface area contributed by atoms with E-state index in [9.17, 15) is 9.18 Å². The summed E-state index contributed by atoms with van der Waals surface area (Å²) >= 11 is 5.60. The van der Waals surface area contributed by atoms with E-state index in [0.29, 0.717) is 18.5 Å². The average molecular weight is 323 g/mol. The molecule has 1 fully saturated rings. The molecule has 1 aliphatic heterocycles. The Hall–Kier alpha value is -0.880. The third-order valence-electron chi connectivity index (χ3n) is 3.39. The van der Waals surface area contributed by atoms with Crippen LogP contribution in [0.4, 0.5) is 10.1 Å². The number of benzene rings is 1. The zero-order chi connectivity index (χ0) is 13.9. The Balaban J connectivity index is 0.00000200. The Labute approximate surface area is 128 Å². The number of nitrogens with one attached hydrogen (secondary N) is 2. The van der Waals surface area contributed by atoms with E-state index in [1.165, 1.54) is 19.2 Å². The van der Waals surface area contributed by atoms with Crippen LogP contribution in [0.15, 0.2) is 18.2 Å². The van der Waals surface area contributed by atoms with Crippen LogP contribution in [0.2, 0.25) is 5.02 Å². The molecule has 1 heterocycles. The first-order valence-electron chi connectivity index (χ1n) is 6.10. The summed E-state index contributed by atoms with van der Waals surface area (Å²) in [6.07, 6.45) is 1.18. The fourth-order valence-corrected chi connectivity index (χ4v) is 2.29. The van der Waals surface area contributed by atoms with Crippen LogP contribution in [-0.2, 0) is 9.53 Å². The van der Waals surface area contributed by atoms with Crippen LogP contribution >= 0.6 is 24.0 Å². The molecule has 2 N–H and O–H groups in total. The minimum atomic E-state index is -0.846. The number of piperidine rings is 1. The lowest BCUT2D eigenvalue weighted by atomic mass is 9.91. The standard InChI is InChI=1S/C13H16ClFN2O2.ClH/c1-19-13(4-6-16-7-5-13)12(18)17-9-2-3-10(14)11(15)8-9;/h2-3,8,16H,4-7H2,1H3,(H,17,18);1H. The lowest BCUT2D eigenvalue weighted by Crippen LogP contribution is -2.51. The van der Waals surface area contributed by atoms with Crippen molar-refractivity contribution in [3.63, 3.8) is 0 Å². The van der Waals surface area contributed by atoms with Crippen LogP contribution < -0.4 is 10.6 Å². The predicted molar refractivity (Wildman–Crippen MR) is 79.1 cm³/mol. The van der Waals surface area contributed by atoms with Crippen molar-refractivity contribution in [2.24, 2.45) is 0 Å². The second-order valence-corrected chi connectivity index (χ2v) is 4.94. The smallest absolute Gasteiger partial charge is 0.256 e. The van der Waals surface area contributed by atoms with Gasteiger partial charge in [-0.2, -0.15) is 0 Å². The molecular weight excluding hydrogens is 306 g/mol. The van der Waals surface area contributed by atoms with Gasteiger partial charge in [0.05, 0.1) is 5.02 Å². The van der Waals surface area contributed by atoms with Gasteiger partial charge in [0, 0.05) is 12.8 Å². The zero-order valence-electron chi connectivity index (χ0n) is 11.0. The molecule has 0 radical (unpaired) electrons. The van der Waals surface area contributed by atoms with Gasteiger partial charge >= 0.3 is 0 Å². The van der Waals surface area contributed by atoms with E-state index < -0.39 is 11.4 Å². The van der Waals surface area contributed by atoms with Crippen LogP contribution in [0, 0.1) is 5.82 Å². The highest BCUT2D eigenvalue weighted by Gasteiger charge is 2.39. The molecule has 1 aromatic rings. The second kappa shape index (κ2) is 7.22. The predicted octanol–water partition coefficient (Wildman–Crippen LogP) is 2.61. The molecule has 2 rings (SSSR count). The van der Waals surface area contributed by atoms with Crippen LogP contribution in [0.5, 0.6) is 0 Å². The molecule has 1 saturated heterocycles. The molecule has 0 aromatic heterocycles. The van der Waals surface area contributed by atoms with Crippen molar-refractivity contribution in [2.45, 2.75) is 18.4 Å². The SMILES string of the molecule is COC1(C(=O)Nc2ccc(Cl)c(F)c2)CCNCC1.Cl. The van der Waals surface area contributed by atoms with E-state index in [-0.39, 0.29) is 23.3 Å². The number of hydrogen-bond donors (Lipinski definition) is 2. The highest BCUT2D eigenvalue weighted by Crippen LogP contribution is 2.25. The van der Waals surface area contributed by atoms with Gasteiger partial charge in [-0.1, -0.05) is 11.6 Å². The topological polar surface area (TPSA) is 50.4 Å². The van der Waals surface area contributed by atoms with E-state index in [2.05, 4.69) is 10.6 Å². The van der Waals surface area contributed by atoms with Gasteiger partial charge in [-0.05, 0) is 44.1 Å². The van der Waals surface area contributed by atoms with Crippen molar-refractivity contribution in [1.82, 2.24) is 5.32 Å². The molecule has 0 bridgehead atoms. The van der Waals surface area contributed by atoms with Crippen LogP contribution in [0.25, 0.3) is 0 Å². The molecule has 0 unspecified atom stereocenters. The average Bonchev–Trinajstić information content (AvgIpc) is 2.43. The summed E-state index contributed by atoms with van der Waals surface area (Å²) in [5, 5.41) is 5.88. The molecule has 112 valence electrons. The van der Waals surface area contributed by atoms with Gasteiger partial charge in [-0.25, -0.2) is 4.39 Å². The summed E-state index contributed by atoms with van der Waals surface area (Å²) in [4.78, 5) is 12.3. The minimum absolute atomic E-state index is 0. The van der Waals surface area contributed by atoms with Gasteiger partial charge in [0.15, 0.2) is 0 Å². The molecule has 0 aliphatic carbocycles. The van der Waals surface area contributed by atoms with Gasteiger partial charge in [0.1, 0.15) is 11.4 Å². The number of halogens is 3. The highest BCUT2D eigenvalue weighted by molar-refractivity contribution is 6.30. The van der Waals surface area contributed by atoms with Crippen LogP contribution in [0.3, 0.4) is 0 Å². The second-order valence-electron chi connectivity index (χ2n) is 4.53. The third-order valence-corrected chi connectivity index (χ3v) is 3.70. The van der Waals surface area contributed by atoms with E-state index >= 15 is 0 Å². The van der Waals surface area contributed by atoms with Crippen molar-refractivity contribution >= 4 is 35.6 Å². The Morgan fingerprint density at radius 3 is 2.65 bits per heavy atom. The minimum Gasteiger partial charge on any atom is -0.368 e. The summed E-state index contributed by atoms with van der Waals surface area (Å²) in [5.74, 6) is -0.811. The van der Waals surface area contributed by atoms with Crippen molar-refractivity contribution in [1.29, 1.82) is 0 Å². The molecule has 7 heteroatoms. The molecule has 1 aromatic carbocycles. The highest BCUT2D eigenvalue weighted by atomic mass is 35.5. The lowest BCUT2D eigenvalue weighted by molar-refractivity contribution is -0.140. The maximum Gasteiger partial charge on any atom is 0.256 e. The van der Waals surface area contributed by atoms with Gasteiger partial charge in [0.2, 0.25) is 0 Å². The summed E-state index contributed by atoms with van der Waals surface area (Å²) in [7, 11) is 1.52. The Bertz CT molecular complexity index is 479. The van der Waals surface area contributed by atoms with Gasteiger partial charge in [-0.15, -0.1) is 12.4 Å². The Kier molecular flexibility index (Phi) is 6.20. The molecule has 1 aliphatic rings. The van der Waals surface area contributed by atoms with E-state index in [1.54, 1.807) is 6.07 Å². The summed E-state index contributed by atoms with van der Waals surface area (Å²) < 4.78 is 18.7. The first-order valence-corrected chi connectivity index (χ1v) is 6.47. The number of rotatable bonds is 3. The van der Waals surface area contributed by atoms with Crippen LogP contribution in [-0.4, -0.2) is 31.7 Å². The normalized spacial score (nSPS) is 17.1. The van der Waals surface area contributed by atoms with Crippen molar-refractivity contribution in [2.75, 3.05) is 25.5 Å². The molecule has 4 nitrogen and oxygen atoms in total. The number of anilines is 1. The number of carbonyl (C=O) groups is 1. The van der Waals surface area contributed by atoms with Crippen molar-refractivity contribution < 1.29 is 13.9 Å².